The summed E-state index contributed by atoms with van der Waals surface area (Å²) in [5.74, 6) is -0.964. The molecule has 0 heterocycles. The van der Waals surface area contributed by atoms with E-state index in [1.54, 1.807) is 12.1 Å². The molecule has 6 heteroatoms. The van der Waals surface area contributed by atoms with E-state index in [4.69, 9.17) is 11.5 Å². The first-order valence-corrected chi connectivity index (χ1v) is 11.8. The maximum absolute atomic E-state index is 13.5. The topological polar surface area (TPSA) is 120 Å². The molecular formula is C28H34N2O4. The average Bonchev–Trinajstić information content (AvgIpc) is 2.76. The Morgan fingerprint density at radius 3 is 1.35 bits per heavy atom. The molecule has 1 aliphatic rings. The molecule has 0 spiro atoms. The number of nitrogens with two attached hydrogens (primary N) is 2. The Morgan fingerprint density at radius 1 is 0.647 bits per heavy atom. The molecule has 0 saturated heterocycles. The van der Waals surface area contributed by atoms with Crippen molar-refractivity contribution < 1.29 is 19.2 Å². The molecule has 34 heavy (non-hydrogen) atoms. The first-order chi connectivity index (χ1) is 15.8. The maximum Gasteiger partial charge on any atom is 0.217 e. The Hall–Kier alpha value is -3.28. The molecule has 180 valence electrons. The van der Waals surface area contributed by atoms with Crippen molar-refractivity contribution in [2.75, 3.05) is 0 Å². The van der Waals surface area contributed by atoms with Gasteiger partial charge in [-0.3, -0.25) is 19.2 Å². The lowest BCUT2D eigenvalue weighted by molar-refractivity contribution is -0.119. The third kappa shape index (κ3) is 5.27. The van der Waals surface area contributed by atoms with E-state index in [1.165, 1.54) is 0 Å². The Kier molecular flexibility index (Phi) is 7.10. The molecule has 2 aromatic rings. The van der Waals surface area contributed by atoms with E-state index in [-0.39, 0.29) is 34.2 Å². The SMILES string of the molecule is CC(C)(CCCC(N)=O)c1ccc2c(c1)C(=O)c1cc(C(C)(C)CCCC(N)=O)ccc1C2=O. The molecule has 0 radical (unpaired) electrons. The summed E-state index contributed by atoms with van der Waals surface area (Å²) in [6.45, 7) is 8.24. The largest absolute Gasteiger partial charge is 0.370 e. The maximum atomic E-state index is 13.5. The Labute approximate surface area is 201 Å². The van der Waals surface area contributed by atoms with Gasteiger partial charge < -0.3 is 11.5 Å². The highest BCUT2D eigenvalue weighted by molar-refractivity contribution is 6.28. The molecule has 6 nitrogen and oxygen atoms in total. The summed E-state index contributed by atoms with van der Waals surface area (Å²) in [7, 11) is 0. The van der Waals surface area contributed by atoms with E-state index >= 15 is 0 Å². The summed E-state index contributed by atoms with van der Waals surface area (Å²) in [6, 6.07) is 10.9. The van der Waals surface area contributed by atoms with Crippen LogP contribution in [0.25, 0.3) is 0 Å². The van der Waals surface area contributed by atoms with Crippen LogP contribution < -0.4 is 11.5 Å². The van der Waals surface area contributed by atoms with E-state index < -0.39 is 0 Å². The number of fused-ring (bicyclic) bond motifs is 2. The third-order valence-corrected chi connectivity index (χ3v) is 7.03. The zero-order valence-electron chi connectivity index (χ0n) is 20.5. The first kappa shape index (κ1) is 25.3. The molecular weight excluding hydrogens is 428 g/mol. The number of carbonyl (C=O) groups is 4. The second kappa shape index (κ2) is 9.53. The number of carbonyl (C=O) groups excluding carboxylic acids is 4. The van der Waals surface area contributed by atoms with Crippen molar-refractivity contribution in [2.45, 2.75) is 77.0 Å². The standard InChI is InChI=1S/C28H34N2O4/c1-27(2,13-5-7-23(29)31)17-9-11-19-21(15-17)26(34)22-16-18(10-12-20(22)25(19)33)28(3,4)14-6-8-24(30)32/h9-12,15-16H,5-8,13-14H2,1-4H3,(H2,29,31)(H2,30,32). The van der Waals surface area contributed by atoms with Gasteiger partial charge in [0, 0.05) is 35.1 Å². The molecule has 0 aliphatic heterocycles. The van der Waals surface area contributed by atoms with Gasteiger partial charge in [-0.1, -0.05) is 39.8 Å². The molecule has 2 amide bonds. The van der Waals surface area contributed by atoms with Crippen LogP contribution in [0.1, 0.15) is 109 Å². The van der Waals surface area contributed by atoms with E-state index in [1.807, 2.05) is 24.3 Å². The number of rotatable bonds is 10. The van der Waals surface area contributed by atoms with Crippen molar-refractivity contribution in [1.29, 1.82) is 0 Å². The fraction of sp³-hybridized carbons (Fsp3) is 0.429. The minimum Gasteiger partial charge on any atom is -0.370 e. The molecule has 0 bridgehead atoms. The van der Waals surface area contributed by atoms with Crippen LogP contribution >= 0.6 is 0 Å². The highest BCUT2D eigenvalue weighted by Crippen LogP contribution is 2.36. The summed E-state index contributed by atoms with van der Waals surface area (Å²) in [5.41, 5.74) is 13.6. The molecule has 0 saturated carbocycles. The summed E-state index contributed by atoms with van der Waals surface area (Å²) in [4.78, 5) is 49.0. The van der Waals surface area contributed by atoms with Gasteiger partial charge in [-0.25, -0.2) is 0 Å². The van der Waals surface area contributed by atoms with Gasteiger partial charge in [-0.2, -0.15) is 0 Å². The lowest BCUT2D eigenvalue weighted by Crippen LogP contribution is -2.25. The Bertz CT molecular complexity index is 1070. The predicted octanol–water partition coefficient (Wildman–Crippen LogP) is 4.33. The monoisotopic (exact) mass is 462 g/mol. The van der Waals surface area contributed by atoms with Crippen molar-refractivity contribution in [3.63, 3.8) is 0 Å². The zero-order valence-corrected chi connectivity index (χ0v) is 20.5. The molecule has 1 aliphatic carbocycles. The van der Waals surface area contributed by atoms with Crippen molar-refractivity contribution in [3.05, 3.63) is 69.8 Å². The van der Waals surface area contributed by atoms with Crippen LogP contribution in [0.3, 0.4) is 0 Å². The Balaban J connectivity index is 1.92. The van der Waals surface area contributed by atoms with Crippen LogP contribution in [0.4, 0.5) is 0 Å². The number of hydrogen-bond acceptors (Lipinski definition) is 4. The minimum atomic E-state index is -0.327. The van der Waals surface area contributed by atoms with E-state index in [0.29, 0.717) is 47.9 Å². The van der Waals surface area contributed by atoms with Crippen LogP contribution in [0, 0.1) is 0 Å². The van der Waals surface area contributed by atoms with Crippen LogP contribution in [-0.2, 0) is 20.4 Å². The summed E-state index contributed by atoms with van der Waals surface area (Å²) < 4.78 is 0. The van der Waals surface area contributed by atoms with E-state index in [0.717, 1.165) is 24.0 Å². The smallest absolute Gasteiger partial charge is 0.217 e. The molecule has 2 aromatic carbocycles. The van der Waals surface area contributed by atoms with Gasteiger partial charge in [0.25, 0.3) is 0 Å². The van der Waals surface area contributed by atoms with Gasteiger partial charge in [0.1, 0.15) is 0 Å². The molecule has 0 unspecified atom stereocenters. The van der Waals surface area contributed by atoms with Gasteiger partial charge in [0.15, 0.2) is 11.6 Å². The van der Waals surface area contributed by atoms with Gasteiger partial charge in [0.05, 0.1) is 0 Å². The molecule has 0 atom stereocenters. The second-order valence-electron chi connectivity index (χ2n) is 10.6. The van der Waals surface area contributed by atoms with Gasteiger partial charge in [0.2, 0.25) is 11.8 Å². The fourth-order valence-corrected chi connectivity index (χ4v) is 4.69. The second-order valence-corrected chi connectivity index (χ2v) is 10.6. The Morgan fingerprint density at radius 2 is 1.00 bits per heavy atom. The van der Waals surface area contributed by atoms with Crippen molar-refractivity contribution in [2.24, 2.45) is 11.5 Å². The predicted molar refractivity (Wildman–Crippen MR) is 132 cm³/mol. The van der Waals surface area contributed by atoms with Crippen LogP contribution in [0.15, 0.2) is 36.4 Å². The number of ketones is 2. The quantitative estimate of drug-likeness (QED) is 0.466. The van der Waals surface area contributed by atoms with Crippen LogP contribution in [0.2, 0.25) is 0 Å². The number of primary amides is 2. The van der Waals surface area contributed by atoms with Crippen LogP contribution in [-0.4, -0.2) is 23.4 Å². The first-order valence-electron chi connectivity index (χ1n) is 11.8. The molecule has 0 fully saturated rings. The van der Waals surface area contributed by atoms with E-state index in [9.17, 15) is 19.2 Å². The molecule has 3 rings (SSSR count). The van der Waals surface area contributed by atoms with Gasteiger partial charge in [-0.15, -0.1) is 0 Å². The minimum absolute atomic E-state index is 0.152. The highest BCUT2D eigenvalue weighted by atomic mass is 16.2. The normalized spacial score (nSPS) is 13.4. The zero-order chi connectivity index (χ0) is 25.3. The van der Waals surface area contributed by atoms with Gasteiger partial charge in [-0.05, 0) is 71.9 Å². The van der Waals surface area contributed by atoms with Crippen molar-refractivity contribution >= 4 is 23.4 Å². The fourth-order valence-electron chi connectivity index (χ4n) is 4.69. The summed E-state index contributed by atoms with van der Waals surface area (Å²) in [5, 5.41) is 0. The lowest BCUT2D eigenvalue weighted by atomic mass is 9.74. The van der Waals surface area contributed by atoms with Gasteiger partial charge >= 0.3 is 0 Å². The average molecular weight is 463 g/mol. The number of hydrogen-bond donors (Lipinski definition) is 2. The number of amides is 2. The van der Waals surface area contributed by atoms with Crippen molar-refractivity contribution in [3.8, 4) is 0 Å². The third-order valence-electron chi connectivity index (χ3n) is 7.03. The number of benzene rings is 2. The van der Waals surface area contributed by atoms with Crippen LogP contribution in [0.5, 0.6) is 0 Å². The van der Waals surface area contributed by atoms with Crippen molar-refractivity contribution in [1.82, 2.24) is 0 Å². The summed E-state index contributed by atoms with van der Waals surface area (Å²) in [6.07, 6.45) is 3.41. The molecule has 4 N–H and O–H groups in total. The molecule has 0 aromatic heterocycles. The highest BCUT2D eigenvalue weighted by Gasteiger charge is 2.33. The summed E-state index contributed by atoms with van der Waals surface area (Å²) >= 11 is 0. The lowest BCUT2D eigenvalue weighted by Gasteiger charge is -2.29. The van der Waals surface area contributed by atoms with E-state index in [2.05, 4.69) is 27.7 Å².